The van der Waals surface area contributed by atoms with Crippen LogP contribution in [0.15, 0.2) is 48.5 Å². The third kappa shape index (κ3) is 6.31. The summed E-state index contributed by atoms with van der Waals surface area (Å²) in [5, 5.41) is 0. The van der Waals surface area contributed by atoms with Crippen LogP contribution < -0.4 is 18.9 Å². The van der Waals surface area contributed by atoms with Crippen molar-refractivity contribution < 1.29 is 23.7 Å². The zero-order valence-electron chi connectivity index (χ0n) is 15.4. The maximum Gasteiger partial charge on any atom is 0.519 e. The molecule has 0 saturated heterocycles. The summed E-state index contributed by atoms with van der Waals surface area (Å²) in [5.41, 5.74) is 0. The van der Waals surface area contributed by atoms with Crippen molar-refractivity contribution in [1.82, 2.24) is 0 Å². The summed E-state index contributed by atoms with van der Waals surface area (Å²) in [6, 6.07) is 14.1. The highest BCUT2D eigenvalue weighted by atomic mass is 16.7. The van der Waals surface area contributed by atoms with Gasteiger partial charge in [-0.3, -0.25) is 0 Å². The van der Waals surface area contributed by atoms with E-state index in [1.54, 1.807) is 36.4 Å². The minimum atomic E-state index is -0.830. The number of rotatable bonds is 10. The first kappa shape index (κ1) is 19.6. The molecule has 140 valence electrons. The van der Waals surface area contributed by atoms with Crippen molar-refractivity contribution >= 4 is 6.16 Å². The van der Waals surface area contributed by atoms with Gasteiger partial charge in [0, 0.05) is 0 Å². The average Bonchev–Trinajstić information content (AvgIpc) is 2.65. The van der Waals surface area contributed by atoms with Gasteiger partial charge in [0.25, 0.3) is 0 Å². The molecule has 5 heteroatoms. The van der Waals surface area contributed by atoms with Gasteiger partial charge in [0.1, 0.15) is 0 Å². The molecule has 2 aromatic carbocycles. The Balaban J connectivity index is 1.99. The first-order valence-corrected chi connectivity index (χ1v) is 9.08. The van der Waals surface area contributed by atoms with Crippen LogP contribution in [-0.2, 0) is 0 Å². The Kier molecular flexibility index (Phi) is 8.33. The molecule has 5 nitrogen and oxygen atoms in total. The monoisotopic (exact) mass is 358 g/mol. The average molecular weight is 358 g/mol. The van der Waals surface area contributed by atoms with E-state index in [1.807, 2.05) is 12.1 Å². The summed E-state index contributed by atoms with van der Waals surface area (Å²) in [4.78, 5) is 12.2. The maximum absolute atomic E-state index is 12.2. The molecule has 0 radical (unpaired) electrons. The first-order valence-electron chi connectivity index (χ1n) is 9.08. The van der Waals surface area contributed by atoms with Crippen LogP contribution in [0.25, 0.3) is 0 Å². The third-order valence-electron chi connectivity index (χ3n) is 3.60. The summed E-state index contributed by atoms with van der Waals surface area (Å²) in [6.45, 7) is 5.31. The third-order valence-corrected chi connectivity index (χ3v) is 3.60. The topological polar surface area (TPSA) is 54.0 Å². The van der Waals surface area contributed by atoms with Gasteiger partial charge < -0.3 is 18.9 Å². The van der Waals surface area contributed by atoms with Crippen molar-refractivity contribution in [2.75, 3.05) is 13.2 Å². The van der Waals surface area contributed by atoms with Crippen LogP contribution in [0, 0.1) is 0 Å². The minimum absolute atomic E-state index is 0.331. The van der Waals surface area contributed by atoms with Crippen LogP contribution >= 0.6 is 0 Å². The molecule has 0 aliphatic carbocycles. The largest absolute Gasteiger partial charge is 0.519 e. The maximum atomic E-state index is 12.2. The molecule has 2 rings (SSSR count). The van der Waals surface area contributed by atoms with E-state index in [-0.39, 0.29) is 0 Å². The van der Waals surface area contributed by atoms with Crippen LogP contribution in [0.3, 0.4) is 0 Å². The van der Waals surface area contributed by atoms with Crippen molar-refractivity contribution in [2.45, 2.75) is 39.5 Å². The Hall–Kier alpha value is -2.69. The van der Waals surface area contributed by atoms with E-state index in [0.29, 0.717) is 36.2 Å². The molecule has 0 unspecified atom stereocenters. The zero-order chi connectivity index (χ0) is 18.6. The number of para-hydroxylation sites is 4. The Morgan fingerprint density at radius 3 is 1.46 bits per heavy atom. The molecule has 0 aliphatic heterocycles. The molecule has 0 aromatic heterocycles. The Bertz CT molecular complexity index is 626. The molecule has 0 aliphatic rings. The number of benzene rings is 2. The van der Waals surface area contributed by atoms with E-state index in [9.17, 15) is 4.79 Å². The van der Waals surface area contributed by atoms with Gasteiger partial charge in [-0.2, -0.15) is 0 Å². The van der Waals surface area contributed by atoms with E-state index in [0.717, 1.165) is 25.7 Å². The molecule has 0 bridgehead atoms. The Morgan fingerprint density at radius 2 is 1.08 bits per heavy atom. The first-order chi connectivity index (χ1) is 12.7. The lowest BCUT2D eigenvalue weighted by Gasteiger charge is -2.13. The van der Waals surface area contributed by atoms with Gasteiger partial charge >= 0.3 is 6.16 Å². The van der Waals surface area contributed by atoms with Gasteiger partial charge in [-0.15, -0.1) is 0 Å². The molecule has 0 N–H and O–H groups in total. The smallest absolute Gasteiger partial charge is 0.490 e. The van der Waals surface area contributed by atoms with Crippen molar-refractivity contribution in [1.29, 1.82) is 0 Å². The van der Waals surface area contributed by atoms with Crippen LogP contribution in [0.1, 0.15) is 39.5 Å². The fourth-order valence-corrected chi connectivity index (χ4v) is 2.16. The summed E-state index contributed by atoms with van der Waals surface area (Å²) in [5.74, 6) is 1.70. The summed E-state index contributed by atoms with van der Waals surface area (Å²) < 4.78 is 22.0. The summed E-state index contributed by atoms with van der Waals surface area (Å²) in [6.07, 6.45) is 3.09. The Labute approximate surface area is 154 Å². The van der Waals surface area contributed by atoms with Crippen molar-refractivity contribution in [3.05, 3.63) is 48.5 Å². The summed E-state index contributed by atoms with van der Waals surface area (Å²) >= 11 is 0. The van der Waals surface area contributed by atoms with Crippen LogP contribution in [0.2, 0.25) is 0 Å². The molecular weight excluding hydrogens is 332 g/mol. The molecule has 0 heterocycles. The molecule has 26 heavy (non-hydrogen) atoms. The predicted molar refractivity (Wildman–Crippen MR) is 100 cm³/mol. The van der Waals surface area contributed by atoms with Gasteiger partial charge in [-0.25, -0.2) is 4.79 Å². The highest BCUT2D eigenvalue weighted by molar-refractivity contribution is 5.69. The Morgan fingerprint density at radius 1 is 0.692 bits per heavy atom. The number of unbranched alkanes of at least 4 members (excludes halogenated alkanes) is 2. The fraction of sp³-hybridized carbons (Fsp3) is 0.381. The molecule has 0 atom stereocenters. The lowest BCUT2D eigenvalue weighted by Crippen LogP contribution is -2.15. The minimum Gasteiger partial charge on any atom is -0.490 e. The van der Waals surface area contributed by atoms with Gasteiger partial charge in [0.05, 0.1) is 13.2 Å². The predicted octanol–water partition coefficient (Wildman–Crippen LogP) is 5.62. The van der Waals surface area contributed by atoms with Crippen molar-refractivity contribution in [3.63, 3.8) is 0 Å². The van der Waals surface area contributed by atoms with Crippen LogP contribution in [0.5, 0.6) is 23.0 Å². The molecule has 2 aromatic rings. The molecule has 0 spiro atoms. The fourth-order valence-electron chi connectivity index (χ4n) is 2.16. The van der Waals surface area contributed by atoms with Gasteiger partial charge in [-0.05, 0) is 37.1 Å². The SMILES string of the molecule is CCCCOc1ccccc1OC(=O)Oc1ccccc1OCCCC. The molecular formula is C21H26O5. The standard InChI is InChI=1S/C21H26O5/c1-3-5-15-23-17-11-7-9-13-19(17)25-21(22)26-20-14-10-8-12-18(20)24-16-6-4-2/h7-14H,3-6,15-16H2,1-2H3. The van der Waals surface area contributed by atoms with E-state index < -0.39 is 6.16 Å². The lowest BCUT2D eigenvalue weighted by molar-refractivity contribution is 0.146. The van der Waals surface area contributed by atoms with E-state index in [2.05, 4.69) is 13.8 Å². The summed E-state index contributed by atoms with van der Waals surface area (Å²) in [7, 11) is 0. The normalized spacial score (nSPS) is 10.2. The lowest BCUT2D eigenvalue weighted by atomic mass is 10.3. The second kappa shape index (κ2) is 11.0. The highest BCUT2D eigenvalue weighted by Crippen LogP contribution is 2.30. The van der Waals surface area contributed by atoms with E-state index in [4.69, 9.17) is 18.9 Å². The van der Waals surface area contributed by atoms with E-state index >= 15 is 0 Å². The van der Waals surface area contributed by atoms with Gasteiger partial charge in [-0.1, -0.05) is 51.0 Å². The zero-order valence-corrected chi connectivity index (χ0v) is 15.4. The second-order valence-corrected chi connectivity index (χ2v) is 5.75. The quantitative estimate of drug-likeness (QED) is 0.313. The van der Waals surface area contributed by atoms with Crippen LogP contribution in [0.4, 0.5) is 4.79 Å². The number of hydrogen-bond donors (Lipinski definition) is 0. The number of ether oxygens (including phenoxy) is 4. The van der Waals surface area contributed by atoms with Crippen molar-refractivity contribution in [2.24, 2.45) is 0 Å². The van der Waals surface area contributed by atoms with Gasteiger partial charge in [0.15, 0.2) is 23.0 Å². The van der Waals surface area contributed by atoms with Crippen molar-refractivity contribution in [3.8, 4) is 23.0 Å². The number of carbonyl (C=O) groups excluding carboxylic acids is 1. The molecule has 0 saturated carbocycles. The molecule has 0 fully saturated rings. The molecule has 0 amide bonds. The highest BCUT2D eigenvalue weighted by Gasteiger charge is 2.15. The number of hydrogen-bond acceptors (Lipinski definition) is 5. The van der Waals surface area contributed by atoms with E-state index in [1.165, 1.54) is 0 Å². The number of carbonyl (C=O) groups is 1. The second-order valence-electron chi connectivity index (χ2n) is 5.75. The van der Waals surface area contributed by atoms with Crippen LogP contribution in [-0.4, -0.2) is 19.4 Å². The van der Waals surface area contributed by atoms with Gasteiger partial charge in [0.2, 0.25) is 0 Å².